The second-order valence-corrected chi connectivity index (χ2v) is 3.99. The molecule has 0 aromatic heterocycles. The fourth-order valence-electron chi connectivity index (χ4n) is 1.42. The molecule has 1 aromatic carbocycles. The molecule has 0 fully saturated rings. The maximum Gasteiger partial charge on any atom is 0.255 e. The predicted octanol–water partition coefficient (Wildman–Crippen LogP) is 2.11. The van der Waals surface area contributed by atoms with E-state index in [0.717, 1.165) is 13.0 Å². The summed E-state index contributed by atoms with van der Waals surface area (Å²) < 4.78 is 5.12. The summed E-state index contributed by atoms with van der Waals surface area (Å²) in [6.07, 6.45) is 0.880. The highest BCUT2D eigenvalue weighted by Crippen LogP contribution is 2.22. The van der Waals surface area contributed by atoms with Crippen LogP contribution >= 0.6 is 24.0 Å². The van der Waals surface area contributed by atoms with E-state index in [-0.39, 0.29) is 18.3 Å². The van der Waals surface area contributed by atoms with Gasteiger partial charge in [0, 0.05) is 11.6 Å². The average molecular weight is 293 g/mol. The topological polar surface area (TPSA) is 50.4 Å². The van der Waals surface area contributed by atoms with Gasteiger partial charge in [0.25, 0.3) is 5.91 Å². The summed E-state index contributed by atoms with van der Waals surface area (Å²) in [7, 11) is 3.41. The van der Waals surface area contributed by atoms with Crippen LogP contribution in [-0.2, 0) is 0 Å². The molecule has 0 atom stereocenters. The molecule has 0 aliphatic carbocycles. The Bertz CT molecular complexity index is 386. The van der Waals surface area contributed by atoms with Crippen molar-refractivity contribution in [1.29, 1.82) is 0 Å². The quantitative estimate of drug-likeness (QED) is 0.790. The van der Waals surface area contributed by atoms with Crippen molar-refractivity contribution in [3.63, 3.8) is 0 Å². The maximum atomic E-state index is 11.9. The summed E-state index contributed by atoms with van der Waals surface area (Å²) in [4.78, 5) is 11.9. The Balaban J connectivity index is 0.00000289. The highest BCUT2D eigenvalue weighted by Gasteiger charge is 2.11. The fraction of sp³-hybridized carbons (Fsp3) is 0.417. The SMILES string of the molecule is CNCCCNC(=O)c1cc(Cl)ccc1OC.Cl. The van der Waals surface area contributed by atoms with Gasteiger partial charge in [-0.3, -0.25) is 4.79 Å². The van der Waals surface area contributed by atoms with E-state index in [1.54, 1.807) is 18.2 Å². The molecule has 1 amide bonds. The molecule has 0 saturated carbocycles. The van der Waals surface area contributed by atoms with Gasteiger partial charge >= 0.3 is 0 Å². The lowest BCUT2D eigenvalue weighted by Crippen LogP contribution is -2.26. The van der Waals surface area contributed by atoms with E-state index in [4.69, 9.17) is 16.3 Å². The Morgan fingerprint density at radius 2 is 2.11 bits per heavy atom. The van der Waals surface area contributed by atoms with Gasteiger partial charge in [0.1, 0.15) is 5.75 Å². The van der Waals surface area contributed by atoms with Crippen LogP contribution in [0.2, 0.25) is 5.02 Å². The molecule has 6 heteroatoms. The standard InChI is InChI=1S/C12H17ClN2O2.ClH/c1-14-6-3-7-15-12(16)10-8-9(13)4-5-11(10)17-2;/h4-5,8,14H,3,6-7H2,1-2H3,(H,15,16);1H. The van der Waals surface area contributed by atoms with Gasteiger partial charge in [-0.1, -0.05) is 11.6 Å². The maximum absolute atomic E-state index is 11.9. The molecular formula is C12H18Cl2N2O2. The molecule has 2 N–H and O–H groups in total. The molecule has 0 unspecified atom stereocenters. The molecule has 0 bridgehead atoms. The minimum atomic E-state index is -0.166. The third-order valence-electron chi connectivity index (χ3n) is 2.30. The van der Waals surface area contributed by atoms with Crippen LogP contribution in [-0.4, -0.2) is 33.2 Å². The fourth-order valence-corrected chi connectivity index (χ4v) is 1.59. The van der Waals surface area contributed by atoms with Crippen LogP contribution in [0.3, 0.4) is 0 Å². The van der Waals surface area contributed by atoms with Crippen molar-refractivity contribution in [2.75, 3.05) is 27.2 Å². The molecule has 0 spiro atoms. The van der Waals surface area contributed by atoms with Gasteiger partial charge in [-0.05, 0) is 38.2 Å². The van der Waals surface area contributed by atoms with E-state index >= 15 is 0 Å². The second-order valence-electron chi connectivity index (χ2n) is 3.56. The van der Waals surface area contributed by atoms with Crippen molar-refractivity contribution in [2.24, 2.45) is 0 Å². The third kappa shape index (κ3) is 5.12. The van der Waals surface area contributed by atoms with E-state index < -0.39 is 0 Å². The Kier molecular flexibility index (Phi) is 8.54. The molecule has 0 aliphatic rings. The number of halogens is 2. The molecule has 1 rings (SSSR count). The zero-order chi connectivity index (χ0) is 12.7. The summed E-state index contributed by atoms with van der Waals surface area (Å²) >= 11 is 5.86. The molecule has 1 aromatic rings. The first-order valence-electron chi connectivity index (χ1n) is 5.45. The monoisotopic (exact) mass is 292 g/mol. The van der Waals surface area contributed by atoms with Crippen molar-refractivity contribution >= 4 is 29.9 Å². The average Bonchev–Trinajstić information content (AvgIpc) is 2.34. The summed E-state index contributed by atoms with van der Waals surface area (Å²) in [5.41, 5.74) is 0.462. The molecule has 4 nitrogen and oxygen atoms in total. The summed E-state index contributed by atoms with van der Waals surface area (Å²) in [6, 6.07) is 4.98. The van der Waals surface area contributed by atoms with Crippen LogP contribution in [0.25, 0.3) is 0 Å². The number of methoxy groups -OCH3 is 1. The van der Waals surface area contributed by atoms with Crippen molar-refractivity contribution in [3.05, 3.63) is 28.8 Å². The number of amides is 1. The first kappa shape index (κ1) is 17.0. The van der Waals surface area contributed by atoms with Crippen LogP contribution in [0, 0.1) is 0 Å². The van der Waals surface area contributed by atoms with Gasteiger partial charge < -0.3 is 15.4 Å². The van der Waals surface area contributed by atoms with Crippen LogP contribution in [0.5, 0.6) is 5.75 Å². The zero-order valence-electron chi connectivity index (χ0n) is 10.5. The van der Waals surface area contributed by atoms with Crippen molar-refractivity contribution in [2.45, 2.75) is 6.42 Å². The number of carbonyl (C=O) groups is 1. The van der Waals surface area contributed by atoms with Gasteiger partial charge in [-0.15, -0.1) is 12.4 Å². The van der Waals surface area contributed by atoms with Crippen LogP contribution in [0.4, 0.5) is 0 Å². The second kappa shape index (κ2) is 9.03. The number of carbonyl (C=O) groups excluding carboxylic acids is 1. The highest BCUT2D eigenvalue weighted by atomic mass is 35.5. The lowest BCUT2D eigenvalue weighted by Gasteiger charge is -2.09. The molecule has 0 aliphatic heterocycles. The number of hydrogen-bond donors (Lipinski definition) is 2. The van der Waals surface area contributed by atoms with Gasteiger partial charge in [-0.25, -0.2) is 0 Å². The number of ether oxygens (including phenoxy) is 1. The molecule has 0 saturated heterocycles. The molecule has 0 radical (unpaired) electrons. The Morgan fingerprint density at radius 1 is 1.39 bits per heavy atom. The van der Waals surface area contributed by atoms with Crippen LogP contribution in [0.1, 0.15) is 16.8 Å². The summed E-state index contributed by atoms with van der Waals surface area (Å²) in [5.74, 6) is 0.362. The lowest BCUT2D eigenvalue weighted by atomic mass is 10.2. The zero-order valence-corrected chi connectivity index (χ0v) is 12.0. The number of rotatable bonds is 6. The number of benzene rings is 1. The number of hydrogen-bond acceptors (Lipinski definition) is 3. The van der Waals surface area contributed by atoms with Gasteiger partial charge in [-0.2, -0.15) is 0 Å². The van der Waals surface area contributed by atoms with Gasteiger partial charge in [0.2, 0.25) is 0 Å². The Hall–Kier alpha value is -0.970. The van der Waals surface area contributed by atoms with Gasteiger partial charge in [0.05, 0.1) is 12.7 Å². The lowest BCUT2D eigenvalue weighted by molar-refractivity contribution is 0.0950. The van der Waals surface area contributed by atoms with E-state index in [0.29, 0.717) is 22.9 Å². The smallest absolute Gasteiger partial charge is 0.255 e. The van der Waals surface area contributed by atoms with E-state index in [1.165, 1.54) is 7.11 Å². The van der Waals surface area contributed by atoms with Crippen molar-refractivity contribution in [3.8, 4) is 5.75 Å². The van der Waals surface area contributed by atoms with Crippen molar-refractivity contribution in [1.82, 2.24) is 10.6 Å². The minimum absolute atomic E-state index is 0. The third-order valence-corrected chi connectivity index (χ3v) is 2.53. The predicted molar refractivity (Wildman–Crippen MR) is 76.1 cm³/mol. The first-order valence-corrected chi connectivity index (χ1v) is 5.83. The molecule has 18 heavy (non-hydrogen) atoms. The van der Waals surface area contributed by atoms with E-state index in [1.807, 2.05) is 7.05 Å². The first-order chi connectivity index (χ1) is 8.19. The van der Waals surface area contributed by atoms with E-state index in [2.05, 4.69) is 10.6 Å². The minimum Gasteiger partial charge on any atom is -0.496 e. The normalized spacial score (nSPS) is 9.50. The molecule has 102 valence electrons. The number of nitrogens with one attached hydrogen (secondary N) is 2. The molecular weight excluding hydrogens is 275 g/mol. The highest BCUT2D eigenvalue weighted by molar-refractivity contribution is 6.31. The van der Waals surface area contributed by atoms with Crippen molar-refractivity contribution < 1.29 is 9.53 Å². The summed E-state index contributed by atoms with van der Waals surface area (Å²) in [5, 5.41) is 6.35. The largest absolute Gasteiger partial charge is 0.496 e. The molecule has 0 heterocycles. The van der Waals surface area contributed by atoms with E-state index in [9.17, 15) is 4.79 Å². The Labute approximate surface area is 118 Å². The van der Waals surface area contributed by atoms with Gasteiger partial charge in [0.15, 0.2) is 0 Å². The Morgan fingerprint density at radius 3 is 2.72 bits per heavy atom. The summed E-state index contributed by atoms with van der Waals surface area (Å²) in [6.45, 7) is 1.49. The van der Waals surface area contributed by atoms with Crippen LogP contribution < -0.4 is 15.4 Å². The van der Waals surface area contributed by atoms with Crippen LogP contribution in [0.15, 0.2) is 18.2 Å².